The lowest BCUT2D eigenvalue weighted by atomic mass is 10.1. The molecule has 6 nitrogen and oxygen atoms in total. The molecule has 0 heterocycles. The van der Waals surface area contributed by atoms with Crippen molar-refractivity contribution in [3.63, 3.8) is 0 Å². The third-order valence-corrected chi connectivity index (χ3v) is 4.72. The van der Waals surface area contributed by atoms with Crippen molar-refractivity contribution >= 4 is 10.0 Å². The lowest BCUT2D eigenvalue weighted by Gasteiger charge is -2.14. The van der Waals surface area contributed by atoms with Crippen molar-refractivity contribution in [2.24, 2.45) is 0 Å². The minimum Gasteiger partial charge on any atom is -0.497 e. The molecule has 0 saturated heterocycles. The number of aliphatic hydroxyl groups is 1. The molecule has 1 unspecified atom stereocenters. The van der Waals surface area contributed by atoms with E-state index in [1.807, 2.05) is 6.07 Å². The second-order valence-corrected chi connectivity index (χ2v) is 6.49. The Kier molecular flexibility index (Phi) is 5.34. The molecule has 0 saturated carbocycles. The van der Waals surface area contributed by atoms with Gasteiger partial charge in [-0.15, -0.1) is 0 Å². The second kappa shape index (κ2) is 7.24. The number of nitrogens with one attached hydrogen (secondary N) is 1. The molecule has 2 aromatic rings. The summed E-state index contributed by atoms with van der Waals surface area (Å²) in [6, 6.07) is 14.5. The summed E-state index contributed by atoms with van der Waals surface area (Å²) in [6.45, 7) is -0.213. The van der Waals surface area contributed by atoms with Gasteiger partial charge in [-0.25, -0.2) is 13.1 Å². The van der Waals surface area contributed by atoms with Gasteiger partial charge in [0.2, 0.25) is 10.0 Å². The Balaban J connectivity index is 2.14. The third-order valence-electron chi connectivity index (χ3n) is 3.24. The van der Waals surface area contributed by atoms with Gasteiger partial charge in [0, 0.05) is 6.54 Å². The summed E-state index contributed by atoms with van der Waals surface area (Å²) in [5, 5.41) is 19.1. The summed E-state index contributed by atoms with van der Waals surface area (Å²) in [7, 11) is -2.38. The van der Waals surface area contributed by atoms with Crippen molar-refractivity contribution in [2.45, 2.75) is 11.0 Å². The summed E-state index contributed by atoms with van der Waals surface area (Å²) >= 11 is 0. The molecule has 0 radical (unpaired) electrons. The van der Waals surface area contributed by atoms with Gasteiger partial charge in [-0.1, -0.05) is 24.3 Å². The van der Waals surface area contributed by atoms with Gasteiger partial charge in [0.1, 0.15) is 11.8 Å². The summed E-state index contributed by atoms with van der Waals surface area (Å²) < 4.78 is 31.9. The van der Waals surface area contributed by atoms with E-state index in [4.69, 9.17) is 10.00 Å². The van der Waals surface area contributed by atoms with E-state index < -0.39 is 16.1 Å². The first kappa shape index (κ1) is 17.0. The summed E-state index contributed by atoms with van der Waals surface area (Å²) in [4.78, 5) is -0.111. The van der Waals surface area contributed by atoms with Crippen LogP contribution < -0.4 is 9.46 Å². The largest absolute Gasteiger partial charge is 0.497 e. The first-order chi connectivity index (χ1) is 11.0. The summed E-state index contributed by atoms with van der Waals surface area (Å²) in [5.74, 6) is 0.569. The Bertz CT molecular complexity index is 828. The van der Waals surface area contributed by atoms with Crippen LogP contribution in [0.5, 0.6) is 5.75 Å². The van der Waals surface area contributed by atoms with E-state index in [1.54, 1.807) is 30.3 Å². The molecule has 0 aromatic heterocycles. The molecule has 2 aromatic carbocycles. The van der Waals surface area contributed by atoms with Gasteiger partial charge in [0.05, 0.1) is 23.7 Å². The highest BCUT2D eigenvalue weighted by atomic mass is 32.2. The van der Waals surface area contributed by atoms with Crippen molar-refractivity contribution < 1.29 is 18.3 Å². The van der Waals surface area contributed by atoms with E-state index in [-0.39, 0.29) is 17.0 Å². The summed E-state index contributed by atoms with van der Waals surface area (Å²) in [6.07, 6.45) is -1.03. The molecular weight excluding hydrogens is 316 g/mol. The molecule has 23 heavy (non-hydrogen) atoms. The number of aliphatic hydroxyl groups excluding tert-OH is 1. The predicted octanol–water partition coefficient (Wildman–Crippen LogP) is 1.58. The minimum atomic E-state index is -3.89. The molecule has 0 aliphatic rings. The molecular formula is C16H16N2O4S. The van der Waals surface area contributed by atoms with Gasteiger partial charge in [0.15, 0.2) is 0 Å². The van der Waals surface area contributed by atoms with Crippen LogP contribution in [0.15, 0.2) is 53.4 Å². The van der Waals surface area contributed by atoms with Gasteiger partial charge in [-0.3, -0.25) is 0 Å². The molecule has 0 spiro atoms. The number of benzene rings is 2. The smallest absolute Gasteiger partial charge is 0.241 e. The zero-order valence-corrected chi connectivity index (χ0v) is 13.2. The van der Waals surface area contributed by atoms with Crippen LogP contribution in [0.1, 0.15) is 17.2 Å². The molecule has 7 heteroatoms. The molecule has 1 atom stereocenters. The second-order valence-electron chi connectivity index (χ2n) is 4.75. The average molecular weight is 332 g/mol. The van der Waals surface area contributed by atoms with Gasteiger partial charge in [0.25, 0.3) is 0 Å². The van der Waals surface area contributed by atoms with E-state index in [0.29, 0.717) is 11.3 Å². The predicted molar refractivity (Wildman–Crippen MR) is 84.3 cm³/mol. The Morgan fingerprint density at radius 2 is 2.00 bits per heavy atom. The maximum atomic E-state index is 12.3. The molecule has 2 N–H and O–H groups in total. The quantitative estimate of drug-likeness (QED) is 0.836. The van der Waals surface area contributed by atoms with Crippen molar-refractivity contribution in [3.05, 3.63) is 59.7 Å². The Morgan fingerprint density at radius 1 is 1.26 bits per heavy atom. The van der Waals surface area contributed by atoms with Crippen LogP contribution in [-0.2, 0) is 10.0 Å². The van der Waals surface area contributed by atoms with Crippen LogP contribution in [0.2, 0.25) is 0 Å². The van der Waals surface area contributed by atoms with Gasteiger partial charge in [-0.05, 0) is 29.8 Å². The van der Waals surface area contributed by atoms with Crippen LogP contribution in [-0.4, -0.2) is 27.2 Å². The molecule has 0 aliphatic heterocycles. The number of nitriles is 1. The maximum Gasteiger partial charge on any atom is 0.241 e. The van der Waals surface area contributed by atoms with E-state index >= 15 is 0 Å². The molecule has 2 rings (SSSR count). The van der Waals surface area contributed by atoms with Crippen molar-refractivity contribution in [1.29, 1.82) is 5.26 Å². The standard InChI is InChI=1S/C16H16N2O4S/c1-22-14-7-4-6-12(9-14)15(19)11-18-23(20,21)16-8-3-2-5-13(16)10-17/h2-9,15,18-19H,11H2,1H3. The molecule has 0 bridgehead atoms. The normalized spacial score (nSPS) is 12.4. The fourth-order valence-electron chi connectivity index (χ4n) is 2.03. The number of sulfonamides is 1. The molecule has 120 valence electrons. The third kappa shape index (κ3) is 4.07. The van der Waals surface area contributed by atoms with Crippen LogP contribution in [0.4, 0.5) is 0 Å². The van der Waals surface area contributed by atoms with Gasteiger partial charge in [-0.2, -0.15) is 5.26 Å². The minimum absolute atomic E-state index is 0.0517. The Hall–Kier alpha value is -2.40. The zero-order chi connectivity index (χ0) is 16.9. The first-order valence-electron chi connectivity index (χ1n) is 6.78. The highest BCUT2D eigenvalue weighted by Gasteiger charge is 2.20. The number of nitrogens with zero attached hydrogens (tertiary/aromatic N) is 1. The Labute approximate surface area is 135 Å². The van der Waals surface area contributed by atoms with Gasteiger partial charge >= 0.3 is 0 Å². The Morgan fingerprint density at radius 3 is 2.70 bits per heavy atom. The number of methoxy groups -OCH3 is 1. The van der Waals surface area contributed by atoms with E-state index in [2.05, 4.69) is 4.72 Å². The molecule has 0 aliphatic carbocycles. The topological polar surface area (TPSA) is 99.4 Å². The maximum absolute atomic E-state index is 12.3. The van der Waals surface area contributed by atoms with Crippen LogP contribution in [0.3, 0.4) is 0 Å². The zero-order valence-electron chi connectivity index (χ0n) is 12.4. The number of ether oxygens (including phenoxy) is 1. The molecule has 0 amide bonds. The van der Waals surface area contributed by atoms with Crippen molar-refractivity contribution in [1.82, 2.24) is 4.72 Å². The van der Waals surface area contributed by atoms with Crippen molar-refractivity contribution in [3.8, 4) is 11.8 Å². The van der Waals surface area contributed by atoms with E-state index in [1.165, 1.54) is 25.3 Å². The van der Waals surface area contributed by atoms with Crippen LogP contribution in [0.25, 0.3) is 0 Å². The lowest BCUT2D eigenvalue weighted by molar-refractivity contribution is 0.181. The number of rotatable bonds is 6. The lowest BCUT2D eigenvalue weighted by Crippen LogP contribution is -2.29. The fraction of sp³-hybridized carbons (Fsp3) is 0.188. The average Bonchev–Trinajstić information content (AvgIpc) is 2.59. The summed E-state index contributed by atoms with van der Waals surface area (Å²) in [5.41, 5.74) is 0.580. The highest BCUT2D eigenvalue weighted by Crippen LogP contribution is 2.20. The van der Waals surface area contributed by atoms with E-state index in [9.17, 15) is 13.5 Å². The first-order valence-corrected chi connectivity index (χ1v) is 8.27. The SMILES string of the molecule is COc1cccc(C(O)CNS(=O)(=O)c2ccccc2C#N)c1. The van der Waals surface area contributed by atoms with Crippen LogP contribution >= 0.6 is 0 Å². The van der Waals surface area contributed by atoms with E-state index in [0.717, 1.165) is 0 Å². The van der Waals surface area contributed by atoms with Crippen molar-refractivity contribution in [2.75, 3.05) is 13.7 Å². The van der Waals surface area contributed by atoms with Crippen LogP contribution in [0, 0.1) is 11.3 Å². The number of hydrogen-bond acceptors (Lipinski definition) is 5. The van der Waals surface area contributed by atoms with Gasteiger partial charge < -0.3 is 9.84 Å². The molecule has 0 fully saturated rings. The highest BCUT2D eigenvalue weighted by molar-refractivity contribution is 7.89. The monoisotopic (exact) mass is 332 g/mol. The fourth-order valence-corrected chi connectivity index (χ4v) is 3.22. The number of hydrogen-bond donors (Lipinski definition) is 2.